The van der Waals surface area contributed by atoms with Crippen LogP contribution in [0.4, 0.5) is 5.69 Å². The lowest BCUT2D eigenvalue weighted by atomic mass is 10.1. The molecule has 0 bridgehead atoms. The first-order chi connectivity index (χ1) is 12.5. The third-order valence-corrected chi connectivity index (χ3v) is 4.95. The Morgan fingerprint density at radius 3 is 2.50 bits per heavy atom. The highest BCUT2D eigenvalue weighted by Crippen LogP contribution is 2.37. The summed E-state index contributed by atoms with van der Waals surface area (Å²) in [4.78, 5) is 17.5. The molecule has 0 atom stereocenters. The number of fused-ring (bicyclic) bond motifs is 1. The standard InChI is InChI=1S/C19H19N3O4/c23-14-8-11-22(26,12-9-14)16-17(24)15-7-4-10-20-18(15)21(19(16)25)13-5-2-1-3-6-13/h1-7,10,14,23-24H,8-9,11-12H2. The molecule has 2 N–H and O–H groups in total. The molecular formula is C19H19N3O4. The topological polar surface area (TPSA) is 98.4 Å². The molecule has 1 aliphatic rings. The lowest BCUT2D eigenvalue weighted by Gasteiger charge is -2.45. The summed E-state index contributed by atoms with van der Waals surface area (Å²) < 4.78 is 0.423. The van der Waals surface area contributed by atoms with Gasteiger partial charge in [-0.05, 0) is 24.3 Å². The van der Waals surface area contributed by atoms with Crippen molar-refractivity contribution in [1.29, 1.82) is 0 Å². The Bertz CT molecular complexity index is 1010. The van der Waals surface area contributed by atoms with Gasteiger partial charge in [0.15, 0.2) is 11.4 Å². The Morgan fingerprint density at radius 1 is 1.12 bits per heavy atom. The second-order valence-corrected chi connectivity index (χ2v) is 6.62. The van der Waals surface area contributed by atoms with Gasteiger partial charge in [-0.15, -0.1) is 0 Å². The lowest BCUT2D eigenvalue weighted by Crippen LogP contribution is -2.53. The largest absolute Gasteiger partial charge is 0.627 e. The predicted octanol–water partition coefficient (Wildman–Crippen LogP) is 2.05. The highest BCUT2D eigenvalue weighted by atomic mass is 16.5. The molecule has 0 unspecified atom stereocenters. The van der Waals surface area contributed by atoms with Crippen molar-refractivity contribution in [1.82, 2.24) is 14.2 Å². The zero-order valence-electron chi connectivity index (χ0n) is 14.1. The third-order valence-electron chi connectivity index (χ3n) is 4.95. The molecule has 4 rings (SSSR count). The van der Waals surface area contributed by atoms with Crippen LogP contribution in [-0.2, 0) is 0 Å². The van der Waals surface area contributed by atoms with E-state index in [0.717, 1.165) is 0 Å². The van der Waals surface area contributed by atoms with Crippen LogP contribution in [0, 0.1) is 5.21 Å². The predicted molar refractivity (Wildman–Crippen MR) is 99.1 cm³/mol. The number of benzene rings is 1. The Balaban J connectivity index is 2.05. The molecule has 3 aromatic rings. The van der Waals surface area contributed by atoms with Gasteiger partial charge in [-0.25, -0.2) is 4.98 Å². The molecule has 1 saturated heterocycles. The average molecular weight is 353 g/mol. The van der Waals surface area contributed by atoms with Gasteiger partial charge in [0.2, 0.25) is 5.69 Å². The summed E-state index contributed by atoms with van der Waals surface area (Å²) in [6.07, 6.45) is 1.58. The molecule has 7 nitrogen and oxygen atoms in total. The van der Waals surface area contributed by atoms with E-state index in [0.29, 0.717) is 29.6 Å². The summed E-state index contributed by atoms with van der Waals surface area (Å²) >= 11 is 0. The maximum Gasteiger partial charge on any atom is 0.322 e. The minimum Gasteiger partial charge on any atom is -0.627 e. The number of aliphatic hydroxyl groups excluding tert-OH is 1. The number of piperidine rings is 1. The number of pyridine rings is 2. The number of aromatic hydroxyl groups is 1. The van der Waals surface area contributed by atoms with E-state index in [4.69, 9.17) is 0 Å². The van der Waals surface area contributed by atoms with Crippen LogP contribution in [0.25, 0.3) is 16.7 Å². The van der Waals surface area contributed by atoms with E-state index in [9.17, 15) is 20.2 Å². The van der Waals surface area contributed by atoms with Crippen LogP contribution in [0.15, 0.2) is 53.5 Å². The number of nitrogens with zero attached hydrogens (tertiary/aromatic N) is 3. The average Bonchev–Trinajstić information content (AvgIpc) is 2.65. The molecule has 7 heteroatoms. The van der Waals surface area contributed by atoms with Crippen molar-refractivity contribution >= 4 is 16.7 Å². The van der Waals surface area contributed by atoms with Crippen LogP contribution in [0.1, 0.15) is 12.8 Å². The summed E-state index contributed by atoms with van der Waals surface area (Å²) in [7, 11) is 0. The van der Waals surface area contributed by atoms with Crippen LogP contribution in [0.3, 0.4) is 0 Å². The van der Waals surface area contributed by atoms with Gasteiger partial charge in [0, 0.05) is 19.0 Å². The van der Waals surface area contributed by atoms with E-state index in [1.807, 2.05) is 6.07 Å². The summed E-state index contributed by atoms with van der Waals surface area (Å²) in [6, 6.07) is 12.2. The number of hydroxylamine groups is 2. The first-order valence-electron chi connectivity index (χ1n) is 8.56. The molecule has 1 aliphatic heterocycles. The molecule has 0 amide bonds. The summed E-state index contributed by atoms with van der Waals surface area (Å²) in [6.45, 7) is 0.0923. The Morgan fingerprint density at radius 2 is 1.81 bits per heavy atom. The van der Waals surface area contributed by atoms with Crippen molar-refractivity contribution in [2.75, 3.05) is 13.1 Å². The van der Waals surface area contributed by atoms with Crippen molar-refractivity contribution in [3.8, 4) is 11.4 Å². The third kappa shape index (κ3) is 2.57. The maximum absolute atomic E-state index is 13.4. The maximum atomic E-state index is 13.4. The monoisotopic (exact) mass is 353 g/mol. The van der Waals surface area contributed by atoms with E-state index in [1.54, 1.807) is 42.6 Å². The number of para-hydroxylation sites is 1. The van der Waals surface area contributed by atoms with Crippen molar-refractivity contribution in [2.45, 2.75) is 18.9 Å². The fourth-order valence-electron chi connectivity index (χ4n) is 3.57. The van der Waals surface area contributed by atoms with Crippen LogP contribution in [0.5, 0.6) is 5.75 Å². The minimum atomic E-state index is -0.945. The molecule has 134 valence electrons. The summed E-state index contributed by atoms with van der Waals surface area (Å²) in [5.74, 6) is -0.323. The first kappa shape index (κ1) is 16.7. The highest BCUT2D eigenvalue weighted by Gasteiger charge is 2.35. The van der Waals surface area contributed by atoms with Crippen molar-refractivity contribution in [2.24, 2.45) is 0 Å². The Hall–Kier alpha value is -2.74. The lowest BCUT2D eigenvalue weighted by molar-refractivity contribution is 0.102. The fraction of sp³-hybridized carbons (Fsp3) is 0.263. The quantitative estimate of drug-likeness (QED) is 0.543. The van der Waals surface area contributed by atoms with Crippen LogP contribution < -0.4 is 10.2 Å². The van der Waals surface area contributed by atoms with Gasteiger partial charge in [-0.1, -0.05) is 18.2 Å². The van der Waals surface area contributed by atoms with Crippen molar-refractivity contribution < 1.29 is 10.2 Å². The Kier molecular flexibility index (Phi) is 3.99. The second kappa shape index (κ2) is 6.21. The molecule has 2 aromatic heterocycles. The second-order valence-electron chi connectivity index (χ2n) is 6.62. The molecular weight excluding hydrogens is 334 g/mol. The van der Waals surface area contributed by atoms with E-state index in [2.05, 4.69) is 4.98 Å². The molecule has 1 fully saturated rings. The fourth-order valence-corrected chi connectivity index (χ4v) is 3.57. The number of hydrogen-bond donors (Lipinski definition) is 2. The Labute approximate surface area is 149 Å². The van der Waals surface area contributed by atoms with Crippen LogP contribution in [-0.4, -0.2) is 39.0 Å². The molecule has 3 heterocycles. The van der Waals surface area contributed by atoms with Crippen molar-refractivity contribution in [3.05, 3.63) is 64.2 Å². The number of aromatic nitrogens is 2. The molecule has 0 spiro atoms. The van der Waals surface area contributed by atoms with E-state index in [1.165, 1.54) is 4.57 Å². The number of aliphatic hydroxyl groups is 1. The SMILES string of the molecule is O=c1c([N+]2([O-])CCC(O)CC2)c(O)c2cccnc2n1-c1ccccc1. The minimum absolute atomic E-state index is 0.0462. The van der Waals surface area contributed by atoms with Gasteiger partial charge in [0.25, 0.3) is 0 Å². The number of rotatable bonds is 2. The molecule has 0 saturated carbocycles. The smallest absolute Gasteiger partial charge is 0.322 e. The summed E-state index contributed by atoms with van der Waals surface area (Å²) in [5.41, 5.74) is 0.104. The van der Waals surface area contributed by atoms with E-state index >= 15 is 0 Å². The highest BCUT2D eigenvalue weighted by molar-refractivity contribution is 5.88. The number of hydrogen-bond acceptors (Lipinski definition) is 5. The number of quaternary nitrogens is 1. The molecule has 1 aromatic carbocycles. The van der Waals surface area contributed by atoms with Crippen LogP contribution >= 0.6 is 0 Å². The van der Waals surface area contributed by atoms with Gasteiger partial charge in [-0.2, -0.15) is 0 Å². The zero-order chi connectivity index (χ0) is 18.3. The van der Waals surface area contributed by atoms with E-state index < -0.39 is 16.3 Å². The van der Waals surface area contributed by atoms with E-state index in [-0.39, 0.29) is 24.5 Å². The van der Waals surface area contributed by atoms with Crippen LogP contribution in [0.2, 0.25) is 0 Å². The molecule has 0 aliphatic carbocycles. The molecule has 26 heavy (non-hydrogen) atoms. The first-order valence-corrected chi connectivity index (χ1v) is 8.56. The van der Waals surface area contributed by atoms with Crippen molar-refractivity contribution in [3.63, 3.8) is 0 Å². The summed E-state index contributed by atoms with van der Waals surface area (Å²) in [5, 5.41) is 34.2. The van der Waals surface area contributed by atoms with Gasteiger partial charge in [0.05, 0.1) is 30.3 Å². The van der Waals surface area contributed by atoms with Gasteiger partial charge in [-0.3, -0.25) is 9.36 Å². The van der Waals surface area contributed by atoms with Gasteiger partial charge >= 0.3 is 5.56 Å². The molecule has 0 radical (unpaired) electrons. The normalized spacial score (nSPS) is 23.2. The zero-order valence-corrected chi connectivity index (χ0v) is 14.1. The van der Waals surface area contributed by atoms with Gasteiger partial charge < -0.3 is 20.1 Å². The van der Waals surface area contributed by atoms with Gasteiger partial charge in [0.1, 0.15) is 0 Å².